The maximum atomic E-state index is 11.9. The van der Waals surface area contributed by atoms with E-state index in [0.717, 1.165) is 18.5 Å². The summed E-state index contributed by atoms with van der Waals surface area (Å²) in [5.41, 5.74) is 0.846. The molecule has 0 radical (unpaired) electrons. The lowest BCUT2D eigenvalue weighted by Crippen LogP contribution is -2.14. The lowest BCUT2D eigenvalue weighted by molar-refractivity contribution is -0.116. The molecule has 0 bridgehead atoms. The summed E-state index contributed by atoms with van der Waals surface area (Å²) in [5.74, 6) is 0.621. The number of anilines is 1. The highest BCUT2D eigenvalue weighted by molar-refractivity contribution is 6.30. The van der Waals surface area contributed by atoms with Crippen LogP contribution in [0.1, 0.15) is 19.3 Å². The smallest absolute Gasteiger partial charge is 0.225 e. The Morgan fingerprint density at radius 3 is 2.76 bits per heavy atom. The van der Waals surface area contributed by atoms with Gasteiger partial charge in [-0.3, -0.25) is 4.79 Å². The van der Waals surface area contributed by atoms with Gasteiger partial charge < -0.3 is 10.1 Å². The second-order valence-corrected chi connectivity index (χ2v) is 5.04. The standard InChI is InChI=1S/C15H18ClN3O2/c1-21-11-3-2-4-15(20)18-14-9-10-17-19(14)13-7-5-12(16)6-8-13/h5-10H,2-4,11H2,1H3,(H,18,20). The van der Waals surface area contributed by atoms with E-state index in [2.05, 4.69) is 10.4 Å². The average Bonchev–Trinajstić information content (AvgIpc) is 2.92. The number of nitrogens with zero attached hydrogens (tertiary/aromatic N) is 2. The van der Waals surface area contributed by atoms with Crippen LogP contribution < -0.4 is 5.32 Å². The Kier molecular flexibility index (Phi) is 5.78. The van der Waals surface area contributed by atoms with E-state index < -0.39 is 0 Å². The highest BCUT2D eigenvalue weighted by atomic mass is 35.5. The zero-order chi connectivity index (χ0) is 15.1. The Labute approximate surface area is 128 Å². The van der Waals surface area contributed by atoms with Gasteiger partial charge in [-0.25, -0.2) is 4.68 Å². The van der Waals surface area contributed by atoms with Gasteiger partial charge in [0.2, 0.25) is 5.91 Å². The highest BCUT2D eigenvalue weighted by Crippen LogP contribution is 2.17. The van der Waals surface area contributed by atoms with Gasteiger partial charge in [0.05, 0.1) is 11.9 Å². The van der Waals surface area contributed by atoms with Crippen molar-refractivity contribution in [2.45, 2.75) is 19.3 Å². The molecular formula is C15H18ClN3O2. The van der Waals surface area contributed by atoms with Gasteiger partial charge in [0.1, 0.15) is 5.82 Å². The lowest BCUT2D eigenvalue weighted by Gasteiger charge is -2.09. The number of rotatable bonds is 7. The van der Waals surface area contributed by atoms with Crippen LogP contribution in [-0.4, -0.2) is 29.4 Å². The van der Waals surface area contributed by atoms with Crippen LogP contribution in [0.15, 0.2) is 36.5 Å². The Morgan fingerprint density at radius 2 is 2.05 bits per heavy atom. The zero-order valence-corrected chi connectivity index (χ0v) is 12.6. The molecule has 0 saturated carbocycles. The van der Waals surface area contributed by atoms with Crippen LogP contribution in [0.25, 0.3) is 5.69 Å². The summed E-state index contributed by atoms with van der Waals surface area (Å²) in [5, 5.41) is 7.75. The molecule has 0 aliphatic carbocycles. The van der Waals surface area contributed by atoms with Crippen molar-refractivity contribution in [3.05, 3.63) is 41.6 Å². The number of hydrogen-bond donors (Lipinski definition) is 1. The Hall–Kier alpha value is -1.85. The minimum atomic E-state index is -0.0261. The molecule has 0 aliphatic rings. The maximum Gasteiger partial charge on any atom is 0.225 e. The number of carbonyl (C=O) groups excluding carboxylic acids is 1. The molecule has 0 spiro atoms. The van der Waals surface area contributed by atoms with Gasteiger partial charge in [0.25, 0.3) is 0 Å². The first kappa shape index (κ1) is 15.5. The summed E-state index contributed by atoms with van der Waals surface area (Å²) in [6.07, 6.45) is 3.79. The van der Waals surface area contributed by atoms with Crippen molar-refractivity contribution in [3.63, 3.8) is 0 Å². The zero-order valence-electron chi connectivity index (χ0n) is 11.9. The molecule has 0 saturated heterocycles. The molecule has 0 fully saturated rings. The molecule has 2 aromatic rings. The van der Waals surface area contributed by atoms with Gasteiger partial charge in [0, 0.05) is 31.2 Å². The molecule has 1 amide bonds. The van der Waals surface area contributed by atoms with Crippen LogP contribution in [-0.2, 0) is 9.53 Å². The SMILES string of the molecule is COCCCCC(=O)Nc1ccnn1-c1ccc(Cl)cc1. The Bertz CT molecular complexity index is 581. The fraction of sp³-hybridized carbons (Fsp3) is 0.333. The molecule has 1 N–H and O–H groups in total. The predicted molar refractivity (Wildman–Crippen MR) is 82.9 cm³/mol. The molecule has 21 heavy (non-hydrogen) atoms. The van der Waals surface area contributed by atoms with Crippen LogP contribution in [0.5, 0.6) is 0 Å². The second-order valence-electron chi connectivity index (χ2n) is 4.60. The fourth-order valence-corrected chi connectivity index (χ4v) is 2.05. The summed E-state index contributed by atoms with van der Waals surface area (Å²) in [4.78, 5) is 11.9. The lowest BCUT2D eigenvalue weighted by atomic mass is 10.2. The minimum Gasteiger partial charge on any atom is -0.385 e. The number of unbranched alkanes of at least 4 members (excludes halogenated alkanes) is 1. The number of nitrogens with one attached hydrogen (secondary N) is 1. The topological polar surface area (TPSA) is 56.1 Å². The highest BCUT2D eigenvalue weighted by Gasteiger charge is 2.08. The molecule has 1 aromatic heterocycles. The van der Waals surface area contributed by atoms with Gasteiger partial charge >= 0.3 is 0 Å². The van der Waals surface area contributed by atoms with Crippen molar-refractivity contribution in [3.8, 4) is 5.69 Å². The van der Waals surface area contributed by atoms with Gasteiger partial charge in [0.15, 0.2) is 0 Å². The monoisotopic (exact) mass is 307 g/mol. The summed E-state index contributed by atoms with van der Waals surface area (Å²) < 4.78 is 6.63. The van der Waals surface area contributed by atoms with Crippen molar-refractivity contribution < 1.29 is 9.53 Å². The molecule has 6 heteroatoms. The fourth-order valence-electron chi connectivity index (χ4n) is 1.92. The molecule has 0 aliphatic heterocycles. The van der Waals surface area contributed by atoms with E-state index in [0.29, 0.717) is 23.9 Å². The molecule has 0 unspecified atom stereocenters. The maximum absolute atomic E-state index is 11.9. The molecule has 5 nitrogen and oxygen atoms in total. The van der Waals surface area contributed by atoms with Gasteiger partial charge in [-0.05, 0) is 37.1 Å². The first-order valence-corrected chi connectivity index (χ1v) is 7.17. The number of aromatic nitrogens is 2. The van der Waals surface area contributed by atoms with Crippen LogP contribution in [0.3, 0.4) is 0 Å². The normalized spacial score (nSPS) is 10.6. The van der Waals surface area contributed by atoms with Gasteiger partial charge in [-0.1, -0.05) is 11.6 Å². The van der Waals surface area contributed by atoms with E-state index in [1.165, 1.54) is 0 Å². The van der Waals surface area contributed by atoms with Crippen LogP contribution >= 0.6 is 11.6 Å². The third kappa shape index (κ3) is 4.58. The molecule has 1 heterocycles. The summed E-state index contributed by atoms with van der Waals surface area (Å²) in [7, 11) is 1.66. The van der Waals surface area contributed by atoms with E-state index in [-0.39, 0.29) is 5.91 Å². The molecule has 0 atom stereocenters. The minimum absolute atomic E-state index is 0.0261. The second kappa shape index (κ2) is 7.81. The summed E-state index contributed by atoms with van der Waals surface area (Å²) in [6.45, 7) is 0.677. The Balaban J connectivity index is 1.97. The van der Waals surface area contributed by atoms with E-state index >= 15 is 0 Å². The van der Waals surface area contributed by atoms with E-state index in [1.54, 1.807) is 36.2 Å². The first-order valence-electron chi connectivity index (χ1n) is 6.79. The first-order chi connectivity index (χ1) is 10.2. The Morgan fingerprint density at radius 1 is 1.29 bits per heavy atom. The van der Waals surface area contributed by atoms with Crippen molar-refractivity contribution >= 4 is 23.3 Å². The number of carbonyl (C=O) groups is 1. The number of methoxy groups -OCH3 is 1. The molecule has 112 valence electrons. The third-order valence-electron chi connectivity index (χ3n) is 2.98. The van der Waals surface area contributed by atoms with Gasteiger partial charge in [-0.15, -0.1) is 0 Å². The van der Waals surface area contributed by atoms with Crippen molar-refractivity contribution in [1.29, 1.82) is 0 Å². The summed E-state index contributed by atoms with van der Waals surface area (Å²) >= 11 is 5.87. The van der Waals surface area contributed by atoms with Crippen molar-refractivity contribution in [2.24, 2.45) is 0 Å². The van der Waals surface area contributed by atoms with E-state index in [1.807, 2.05) is 12.1 Å². The number of hydrogen-bond acceptors (Lipinski definition) is 3. The number of benzene rings is 1. The van der Waals surface area contributed by atoms with Gasteiger partial charge in [-0.2, -0.15) is 5.10 Å². The predicted octanol–water partition coefficient (Wildman–Crippen LogP) is 3.28. The van der Waals surface area contributed by atoms with E-state index in [4.69, 9.17) is 16.3 Å². The van der Waals surface area contributed by atoms with Crippen LogP contribution in [0, 0.1) is 0 Å². The van der Waals surface area contributed by atoms with Crippen LogP contribution in [0.2, 0.25) is 5.02 Å². The van der Waals surface area contributed by atoms with E-state index in [9.17, 15) is 4.79 Å². The van der Waals surface area contributed by atoms with Crippen molar-refractivity contribution in [2.75, 3.05) is 19.0 Å². The largest absolute Gasteiger partial charge is 0.385 e. The number of halogens is 1. The number of amides is 1. The third-order valence-corrected chi connectivity index (χ3v) is 3.24. The molecule has 2 rings (SSSR count). The molecular weight excluding hydrogens is 290 g/mol. The summed E-state index contributed by atoms with van der Waals surface area (Å²) in [6, 6.07) is 9.04. The van der Waals surface area contributed by atoms with Crippen molar-refractivity contribution in [1.82, 2.24) is 9.78 Å². The molecule has 1 aromatic carbocycles. The quantitative estimate of drug-likeness (QED) is 0.799. The number of ether oxygens (including phenoxy) is 1. The average molecular weight is 308 g/mol. The van der Waals surface area contributed by atoms with Crippen LogP contribution in [0.4, 0.5) is 5.82 Å².